The van der Waals surface area contributed by atoms with Crippen LogP contribution in [0.2, 0.25) is 0 Å². The summed E-state index contributed by atoms with van der Waals surface area (Å²) in [5.74, 6) is -2.01. The largest absolute Gasteiger partial charge is 0.272 e. The van der Waals surface area contributed by atoms with Crippen molar-refractivity contribution in [2.75, 3.05) is 0 Å². The first kappa shape index (κ1) is 19.4. The van der Waals surface area contributed by atoms with E-state index in [2.05, 4.69) is 26.4 Å². The third-order valence-electron chi connectivity index (χ3n) is 3.55. The number of hydrogen-bond donors (Lipinski definition) is 2. The van der Waals surface area contributed by atoms with Gasteiger partial charge in [0.15, 0.2) is 0 Å². The zero-order valence-corrected chi connectivity index (χ0v) is 15.3. The highest BCUT2D eigenvalue weighted by Crippen LogP contribution is 2.23. The number of hydrogen-bond acceptors (Lipinski definition) is 6. The Balaban J connectivity index is 1.60. The molecule has 1 heterocycles. The van der Waals surface area contributed by atoms with Crippen LogP contribution in [0.15, 0.2) is 53.7 Å². The molecule has 0 aliphatic rings. The lowest BCUT2D eigenvalue weighted by Crippen LogP contribution is -2.45. The summed E-state index contributed by atoms with van der Waals surface area (Å²) in [7, 11) is 0. The molecule has 144 valence electrons. The molecule has 3 aromatic rings. The lowest BCUT2D eigenvalue weighted by atomic mass is 10.2. The number of carbonyl (C=O) groups is 2. The summed E-state index contributed by atoms with van der Waals surface area (Å²) in [6.07, 6.45) is 0. The van der Waals surface area contributed by atoms with Gasteiger partial charge in [0.25, 0.3) is 11.8 Å². The second kappa shape index (κ2) is 8.57. The fourth-order valence-corrected chi connectivity index (χ4v) is 2.93. The molecule has 8 nitrogen and oxygen atoms in total. The van der Waals surface area contributed by atoms with Gasteiger partial charge in [0.1, 0.15) is 11.6 Å². The zero-order valence-electron chi connectivity index (χ0n) is 14.5. The number of nitrogens with zero attached hydrogens (tertiary/aromatic N) is 4. The van der Waals surface area contributed by atoms with Gasteiger partial charge in [0.2, 0.25) is 5.16 Å². The molecule has 0 saturated carbocycles. The number of hydrazine groups is 1. The smallest absolute Gasteiger partial charge is 0.269 e. The van der Waals surface area contributed by atoms with Gasteiger partial charge in [-0.05, 0) is 59.8 Å². The standard InChI is InChI=1S/C17H14F2N6O2S/c1-10(15(26)20-21-16(27)11-5-7-12(18)8-6-11)28-17-22-23-24-25(17)14-4-2-3-13(19)9-14/h2-10H,1H3,(H,20,26)(H,21,27)/t10-/m1/s1. The number of carbonyl (C=O) groups excluding carboxylic acids is 2. The van der Waals surface area contributed by atoms with E-state index in [0.29, 0.717) is 5.69 Å². The average molecular weight is 404 g/mol. The van der Waals surface area contributed by atoms with E-state index in [4.69, 9.17) is 0 Å². The van der Waals surface area contributed by atoms with Gasteiger partial charge in [0.05, 0.1) is 10.9 Å². The monoisotopic (exact) mass is 404 g/mol. The summed E-state index contributed by atoms with van der Waals surface area (Å²) in [5, 5.41) is 10.8. The van der Waals surface area contributed by atoms with Crippen LogP contribution in [0.3, 0.4) is 0 Å². The SMILES string of the molecule is C[C@@H](Sc1nnnn1-c1cccc(F)c1)C(=O)NNC(=O)c1ccc(F)cc1. The molecule has 1 atom stereocenters. The van der Waals surface area contributed by atoms with Gasteiger partial charge in [-0.2, -0.15) is 4.68 Å². The molecule has 0 aliphatic carbocycles. The molecule has 0 saturated heterocycles. The molecular formula is C17H14F2N6O2S. The van der Waals surface area contributed by atoms with E-state index in [-0.39, 0.29) is 10.7 Å². The van der Waals surface area contributed by atoms with E-state index in [0.717, 1.165) is 23.9 Å². The van der Waals surface area contributed by atoms with Gasteiger partial charge < -0.3 is 0 Å². The van der Waals surface area contributed by atoms with Crippen LogP contribution in [0.5, 0.6) is 0 Å². The molecule has 0 fully saturated rings. The quantitative estimate of drug-likeness (QED) is 0.497. The molecule has 0 aliphatic heterocycles. The summed E-state index contributed by atoms with van der Waals surface area (Å²) in [5.41, 5.74) is 5.13. The Bertz CT molecular complexity index is 995. The van der Waals surface area contributed by atoms with Crippen molar-refractivity contribution in [1.29, 1.82) is 0 Å². The van der Waals surface area contributed by atoms with Gasteiger partial charge in [-0.1, -0.05) is 17.8 Å². The fourth-order valence-electron chi connectivity index (χ4n) is 2.13. The van der Waals surface area contributed by atoms with Gasteiger partial charge in [-0.3, -0.25) is 20.4 Å². The van der Waals surface area contributed by atoms with Crippen LogP contribution in [0, 0.1) is 11.6 Å². The highest BCUT2D eigenvalue weighted by molar-refractivity contribution is 8.00. The van der Waals surface area contributed by atoms with Crippen LogP contribution in [0.1, 0.15) is 17.3 Å². The van der Waals surface area contributed by atoms with Crippen molar-refractivity contribution < 1.29 is 18.4 Å². The molecule has 11 heteroatoms. The number of rotatable bonds is 5. The van der Waals surface area contributed by atoms with Crippen molar-refractivity contribution in [3.05, 3.63) is 65.7 Å². The summed E-state index contributed by atoms with van der Waals surface area (Å²) >= 11 is 1.03. The van der Waals surface area contributed by atoms with E-state index in [1.165, 1.54) is 35.0 Å². The zero-order chi connectivity index (χ0) is 20.1. The van der Waals surface area contributed by atoms with Crippen LogP contribution in [-0.2, 0) is 4.79 Å². The Labute approximate surface area is 162 Å². The molecule has 1 aromatic heterocycles. The second-order valence-electron chi connectivity index (χ2n) is 5.56. The van der Waals surface area contributed by atoms with Crippen molar-refractivity contribution in [3.63, 3.8) is 0 Å². The van der Waals surface area contributed by atoms with Crippen LogP contribution < -0.4 is 10.9 Å². The van der Waals surface area contributed by atoms with Gasteiger partial charge in [-0.15, -0.1) is 5.10 Å². The van der Waals surface area contributed by atoms with Crippen molar-refractivity contribution in [3.8, 4) is 5.69 Å². The summed E-state index contributed by atoms with van der Waals surface area (Å²) in [6.45, 7) is 1.59. The minimum absolute atomic E-state index is 0.192. The molecule has 2 N–H and O–H groups in total. The van der Waals surface area contributed by atoms with E-state index in [1.54, 1.807) is 13.0 Å². The molecule has 0 spiro atoms. The maximum absolute atomic E-state index is 13.4. The Hall–Kier alpha value is -3.34. The summed E-state index contributed by atoms with van der Waals surface area (Å²) in [6, 6.07) is 10.6. The molecule has 2 aromatic carbocycles. The lowest BCUT2D eigenvalue weighted by molar-refractivity contribution is -0.121. The van der Waals surface area contributed by atoms with Crippen molar-refractivity contribution in [2.24, 2.45) is 0 Å². The number of tetrazole rings is 1. The molecule has 0 bridgehead atoms. The number of benzene rings is 2. The van der Waals surface area contributed by atoms with Crippen LogP contribution >= 0.6 is 11.8 Å². The Kier molecular flexibility index (Phi) is 5.94. The van der Waals surface area contributed by atoms with E-state index in [1.807, 2.05) is 0 Å². The normalized spacial score (nSPS) is 11.7. The minimum Gasteiger partial charge on any atom is -0.272 e. The third kappa shape index (κ3) is 4.68. The molecule has 3 rings (SSSR count). The predicted octanol–water partition coefficient (Wildman–Crippen LogP) is 1.88. The molecular weight excluding hydrogens is 390 g/mol. The Morgan fingerprint density at radius 3 is 2.54 bits per heavy atom. The highest BCUT2D eigenvalue weighted by Gasteiger charge is 2.20. The number of aromatic nitrogens is 4. The Morgan fingerprint density at radius 2 is 1.82 bits per heavy atom. The topological polar surface area (TPSA) is 102 Å². The molecule has 28 heavy (non-hydrogen) atoms. The maximum atomic E-state index is 13.4. The second-order valence-corrected chi connectivity index (χ2v) is 6.87. The van der Waals surface area contributed by atoms with Gasteiger partial charge >= 0.3 is 0 Å². The van der Waals surface area contributed by atoms with Gasteiger partial charge in [-0.25, -0.2) is 8.78 Å². The van der Waals surface area contributed by atoms with E-state index in [9.17, 15) is 18.4 Å². The van der Waals surface area contributed by atoms with Crippen molar-refractivity contribution in [1.82, 2.24) is 31.1 Å². The number of nitrogens with one attached hydrogen (secondary N) is 2. The van der Waals surface area contributed by atoms with E-state index >= 15 is 0 Å². The lowest BCUT2D eigenvalue weighted by Gasteiger charge is -2.12. The number of thioether (sulfide) groups is 1. The van der Waals surface area contributed by atoms with Gasteiger partial charge in [0, 0.05) is 5.56 Å². The third-order valence-corrected chi connectivity index (χ3v) is 4.58. The first-order valence-electron chi connectivity index (χ1n) is 8.01. The van der Waals surface area contributed by atoms with Crippen LogP contribution in [0.25, 0.3) is 5.69 Å². The minimum atomic E-state index is -0.674. The van der Waals surface area contributed by atoms with Crippen LogP contribution in [0.4, 0.5) is 8.78 Å². The fraction of sp³-hybridized carbons (Fsp3) is 0.118. The molecule has 2 amide bonds. The summed E-state index contributed by atoms with van der Waals surface area (Å²) < 4.78 is 27.6. The number of halogens is 2. The van der Waals surface area contributed by atoms with E-state index < -0.39 is 28.7 Å². The maximum Gasteiger partial charge on any atom is 0.269 e. The summed E-state index contributed by atoms with van der Waals surface area (Å²) in [4.78, 5) is 24.2. The number of amides is 2. The predicted molar refractivity (Wildman–Crippen MR) is 96.4 cm³/mol. The molecule has 0 radical (unpaired) electrons. The first-order valence-corrected chi connectivity index (χ1v) is 8.89. The Morgan fingerprint density at radius 1 is 1.07 bits per heavy atom. The van der Waals surface area contributed by atoms with Crippen LogP contribution in [-0.4, -0.2) is 37.3 Å². The first-order chi connectivity index (χ1) is 13.4. The highest BCUT2D eigenvalue weighted by atomic mass is 32.2. The van der Waals surface area contributed by atoms with Crippen molar-refractivity contribution in [2.45, 2.75) is 17.3 Å². The molecule has 0 unspecified atom stereocenters. The average Bonchev–Trinajstić information content (AvgIpc) is 3.14. The van der Waals surface area contributed by atoms with Crippen molar-refractivity contribution >= 4 is 23.6 Å².